The van der Waals surface area contributed by atoms with Crippen LogP contribution in [0.2, 0.25) is 0 Å². The van der Waals surface area contributed by atoms with Gasteiger partial charge in [0.1, 0.15) is 5.60 Å². The third-order valence-electron chi connectivity index (χ3n) is 4.12. The Morgan fingerprint density at radius 3 is 2.65 bits per heavy atom. The van der Waals surface area contributed by atoms with Crippen LogP contribution in [0.3, 0.4) is 0 Å². The Hall–Kier alpha value is -2.08. The van der Waals surface area contributed by atoms with Crippen LogP contribution in [0.15, 0.2) is 18.2 Å². The Morgan fingerprint density at radius 2 is 2.00 bits per heavy atom. The van der Waals surface area contributed by atoms with Gasteiger partial charge in [0.2, 0.25) is 5.91 Å². The van der Waals surface area contributed by atoms with E-state index in [0.717, 1.165) is 29.7 Å². The van der Waals surface area contributed by atoms with Gasteiger partial charge in [-0.05, 0) is 56.7 Å². The first-order valence-corrected chi connectivity index (χ1v) is 9.30. The molecule has 0 aromatic heterocycles. The Bertz CT molecular complexity index is 650. The lowest BCUT2D eigenvalue weighted by atomic mass is 10.1. The van der Waals surface area contributed by atoms with E-state index in [0.29, 0.717) is 25.4 Å². The Morgan fingerprint density at radius 1 is 1.27 bits per heavy atom. The molecule has 1 aliphatic heterocycles. The van der Waals surface area contributed by atoms with Crippen LogP contribution in [-0.4, -0.2) is 24.1 Å². The number of amides is 2. The Balaban J connectivity index is 1.88. The minimum absolute atomic E-state index is 0.0101. The molecule has 0 saturated carbocycles. The molecular formula is C20H31N3O3. The summed E-state index contributed by atoms with van der Waals surface area (Å²) in [5.74, 6) is 0.529. The second kappa shape index (κ2) is 8.54. The molecule has 6 nitrogen and oxygen atoms in total. The molecule has 1 heterocycles. The predicted molar refractivity (Wildman–Crippen MR) is 103 cm³/mol. The van der Waals surface area contributed by atoms with Gasteiger partial charge in [-0.2, -0.15) is 0 Å². The van der Waals surface area contributed by atoms with Crippen LogP contribution in [0.4, 0.5) is 10.5 Å². The van der Waals surface area contributed by atoms with E-state index >= 15 is 0 Å². The van der Waals surface area contributed by atoms with E-state index in [1.54, 1.807) is 4.90 Å². The van der Waals surface area contributed by atoms with E-state index in [-0.39, 0.29) is 12.0 Å². The van der Waals surface area contributed by atoms with Crippen molar-refractivity contribution in [1.82, 2.24) is 10.9 Å². The second-order valence-electron chi connectivity index (χ2n) is 8.18. The number of nitrogens with zero attached hydrogens (tertiary/aromatic N) is 1. The molecule has 1 aromatic rings. The van der Waals surface area contributed by atoms with Crippen molar-refractivity contribution >= 4 is 17.7 Å². The molecule has 1 aliphatic rings. The fourth-order valence-corrected chi connectivity index (χ4v) is 2.80. The Kier molecular flexibility index (Phi) is 6.64. The van der Waals surface area contributed by atoms with Crippen molar-refractivity contribution < 1.29 is 14.3 Å². The smallest absolute Gasteiger partial charge is 0.414 e. The molecule has 2 amide bonds. The molecule has 1 aromatic carbocycles. The molecule has 0 radical (unpaired) electrons. The number of hydrazine groups is 1. The van der Waals surface area contributed by atoms with Gasteiger partial charge in [-0.1, -0.05) is 26.0 Å². The van der Waals surface area contributed by atoms with Crippen molar-refractivity contribution in [2.45, 2.75) is 66.0 Å². The van der Waals surface area contributed by atoms with Crippen LogP contribution in [0.25, 0.3) is 0 Å². The summed E-state index contributed by atoms with van der Waals surface area (Å²) in [6.45, 7) is 11.0. The maximum absolute atomic E-state index is 12.3. The molecule has 2 rings (SSSR count). The van der Waals surface area contributed by atoms with Crippen LogP contribution < -0.4 is 15.8 Å². The first kappa shape index (κ1) is 20.2. The molecule has 6 heteroatoms. The van der Waals surface area contributed by atoms with E-state index in [9.17, 15) is 9.59 Å². The number of nitrogens with one attached hydrogen (secondary N) is 2. The van der Waals surface area contributed by atoms with Crippen molar-refractivity contribution in [3.8, 4) is 0 Å². The standard InChI is InChI=1S/C20H31N3O3/c1-14(2)6-9-18(24)22-21-13-15-7-8-17-16(12-15)10-11-23(17)19(25)26-20(3,4)5/h7-8,12,14,21H,6,9-11,13H2,1-5H3,(H,22,24). The number of hydrogen-bond donors (Lipinski definition) is 2. The molecule has 2 N–H and O–H groups in total. The monoisotopic (exact) mass is 361 g/mol. The van der Waals surface area contributed by atoms with Crippen LogP contribution in [-0.2, 0) is 22.5 Å². The summed E-state index contributed by atoms with van der Waals surface area (Å²) in [5, 5.41) is 0. The minimum Gasteiger partial charge on any atom is -0.443 e. The highest BCUT2D eigenvalue weighted by molar-refractivity contribution is 5.90. The first-order chi connectivity index (χ1) is 12.2. The maximum atomic E-state index is 12.3. The van der Waals surface area contributed by atoms with Crippen molar-refractivity contribution in [3.63, 3.8) is 0 Å². The molecule has 144 valence electrons. The quantitative estimate of drug-likeness (QED) is 0.760. The highest BCUT2D eigenvalue weighted by atomic mass is 16.6. The van der Waals surface area contributed by atoms with E-state index < -0.39 is 5.60 Å². The van der Waals surface area contributed by atoms with Crippen molar-refractivity contribution in [2.24, 2.45) is 5.92 Å². The van der Waals surface area contributed by atoms with Gasteiger partial charge >= 0.3 is 6.09 Å². The summed E-state index contributed by atoms with van der Waals surface area (Å²) in [6.07, 6.45) is 1.91. The number of rotatable bonds is 6. The van der Waals surface area contributed by atoms with Gasteiger partial charge in [0.25, 0.3) is 0 Å². The first-order valence-electron chi connectivity index (χ1n) is 9.30. The van der Waals surface area contributed by atoms with Crippen LogP contribution >= 0.6 is 0 Å². The molecule has 0 spiro atoms. The number of carbonyl (C=O) groups is 2. The molecule has 0 saturated heterocycles. The van der Waals surface area contributed by atoms with Crippen molar-refractivity contribution in [2.75, 3.05) is 11.4 Å². The summed E-state index contributed by atoms with van der Waals surface area (Å²) in [7, 11) is 0. The van der Waals surface area contributed by atoms with E-state index in [1.165, 1.54) is 0 Å². The second-order valence-corrected chi connectivity index (χ2v) is 8.18. The van der Waals surface area contributed by atoms with Crippen molar-refractivity contribution in [3.05, 3.63) is 29.3 Å². The molecule has 0 fully saturated rings. The third kappa shape index (κ3) is 6.02. The lowest BCUT2D eigenvalue weighted by Gasteiger charge is -2.24. The van der Waals surface area contributed by atoms with E-state index in [1.807, 2.05) is 32.9 Å². The average molecular weight is 361 g/mol. The topological polar surface area (TPSA) is 70.7 Å². The number of ether oxygens (including phenoxy) is 1. The largest absolute Gasteiger partial charge is 0.443 e. The van der Waals surface area contributed by atoms with Gasteiger partial charge in [0.15, 0.2) is 0 Å². The van der Waals surface area contributed by atoms with E-state index in [4.69, 9.17) is 4.74 Å². The minimum atomic E-state index is -0.503. The summed E-state index contributed by atoms with van der Waals surface area (Å²) in [5.41, 5.74) is 8.31. The average Bonchev–Trinajstić information content (AvgIpc) is 2.94. The van der Waals surface area contributed by atoms with Gasteiger partial charge in [-0.15, -0.1) is 0 Å². The van der Waals surface area contributed by atoms with Gasteiger partial charge in [0, 0.05) is 19.5 Å². The normalized spacial score (nSPS) is 13.7. The maximum Gasteiger partial charge on any atom is 0.414 e. The van der Waals surface area contributed by atoms with Crippen LogP contribution in [0.5, 0.6) is 0 Å². The zero-order valence-electron chi connectivity index (χ0n) is 16.5. The molecule has 0 bridgehead atoms. The van der Waals surface area contributed by atoms with Crippen molar-refractivity contribution in [1.29, 1.82) is 0 Å². The van der Waals surface area contributed by atoms with E-state index in [2.05, 4.69) is 30.8 Å². The SMILES string of the molecule is CC(C)CCC(=O)NNCc1ccc2c(c1)CCN2C(=O)OC(C)(C)C. The van der Waals surface area contributed by atoms with Crippen LogP contribution in [0, 0.1) is 5.92 Å². The fraction of sp³-hybridized carbons (Fsp3) is 0.600. The molecule has 0 unspecified atom stereocenters. The highest BCUT2D eigenvalue weighted by Crippen LogP contribution is 2.30. The van der Waals surface area contributed by atoms with Gasteiger partial charge in [-0.25, -0.2) is 10.2 Å². The molecule has 26 heavy (non-hydrogen) atoms. The van der Waals surface area contributed by atoms with Gasteiger partial charge < -0.3 is 4.74 Å². The number of hydrogen-bond acceptors (Lipinski definition) is 4. The molecule has 0 atom stereocenters. The third-order valence-corrected chi connectivity index (χ3v) is 4.12. The zero-order valence-corrected chi connectivity index (χ0v) is 16.5. The fourth-order valence-electron chi connectivity index (χ4n) is 2.80. The number of fused-ring (bicyclic) bond motifs is 1. The number of benzene rings is 1. The lowest BCUT2D eigenvalue weighted by molar-refractivity contribution is -0.122. The highest BCUT2D eigenvalue weighted by Gasteiger charge is 2.28. The number of anilines is 1. The summed E-state index contributed by atoms with van der Waals surface area (Å²) in [6, 6.07) is 5.99. The number of carbonyl (C=O) groups excluding carboxylic acids is 2. The zero-order chi connectivity index (χ0) is 19.3. The van der Waals surface area contributed by atoms with Gasteiger partial charge in [0.05, 0.1) is 5.69 Å². The van der Waals surface area contributed by atoms with Crippen LogP contribution in [0.1, 0.15) is 58.6 Å². The Labute approximate surface area is 156 Å². The summed E-state index contributed by atoms with van der Waals surface area (Å²) in [4.78, 5) is 25.7. The molecule has 0 aliphatic carbocycles. The van der Waals surface area contributed by atoms with Gasteiger partial charge in [-0.3, -0.25) is 15.1 Å². The summed E-state index contributed by atoms with van der Waals surface area (Å²) < 4.78 is 5.47. The molecular weight excluding hydrogens is 330 g/mol. The predicted octanol–water partition coefficient (Wildman–Crippen LogP) is 3.54. The summed E-state index contributed by atoms with van der Waals surface area (Å²) >= 11 is 0. The lowest BCUT2D eigenvalue weighted by Crippen LogP contribution is -2.36.